The predicted molar refractivity (Wildman–Crippen MR) is 65.2 cm³/mol. The molecule has 0 aliphatic heterocycles. The number of nitrogens with one attached hydrogen (secondary N) is 1. The van der Waals surface area contributed by atoms with Crippen LogP contribution in [0.15, 0.2) is 41.1 Å². The van der Waals surface area contributed by atoms with E-state index in [1.54, 1.807) is 6.20 Å². The highest BCUT2D eigenvalue weighted by Gasteiger charge is 2.10. The van der Waals surface area contributed by atoms with Gasteiger partial charge in [0.2, 0.25) is 0 Å². The number of carboxylic acid groups (broad SMARTS) is 1. The summed E-state index contributed by atoms with van der Waals surface area (Å²) < 4.78 is 5.15. The van der Waals surface area contributed by atoms with Crippen LogP contribution in [-0.4, -0.2) is 16.1 Å². The number of carbonyl (C=O) groups is 1. The van der Waals surface area contributed by atoms with Gasteiger partial charge in [0.1, 0.15) is 12.0 Å². The van der Waals surface area contributed by atoms with Crippen LogP contribution in [0.4, 0.5) is 0 Å². The second kappa shape index (κ2) is 5.46. The van der Waals surface area contributed by atoms with Crippen LogP contribution in [0.3, 0.4) is 0 Å². The van der Waals surface area contributed by atoms with E-state index in [9.17, 15) is 4.79 Å². The Labute approximate surface area is 104 Å². The van der Waals surface area contributed by atoms with E-state index in [0.717, 1.165) is 5.69 Å². The summed E-state index contributed by atoms with van der Waals surface area (Å²) in [5.74, 6) is -0.391. The molecule has 1 atom stereocenters. The fourth-order valence-corrected chi connectivity index (χ4v) is 1.58. The Morgan fingerprint density at radius 1 is 1.56 bits per heavy atom. The molecule has 0 unspecified atom stereocenters. The van der Waals surface area contributed by atoms with Gasteiger partial charge in [0, 0.05) is 12.2 Å². The lowest BCUT2D eigenvalue weighted by Crippen LogP contribution is -2.18. The van der Waals surface area contributed by atoms with E-state index in [0.29, 0.717) is 12.3 Å². The Kier molecular flexibility index (Phi) is 3.74. The zero-order valence-corrected chi connectivity index (χ0v) is 9.96. The van der Waals surface area contributed by atoms with Crippen molar-refractivity contribution in [2.24, 2.45) is 0 Å². The van der Waals surface area contributed by atoms with Crippen LogP contribution in [0.2, 0.25) is 0 Å². The number of hydrogen-bond acceptors (Lipinski definition) is 4. The number of rotatable bonds is 5. The third kappa shape index (κ3) is 2.95. The van der Waals surface area contributed by atoms with Gasteiger partial charge in [-0.25, -0.2) is 4.79 Å². The summed E-state index contributed by atoms with van der Waals surface area (Å²) >= 11 is 0. The summed E-state index contributed by atoms with van der Waals surface area (Å²) in [7, 11) is 0. The maximum Gasteiger partial charge on any atom is 0.338 e. The molecule has 0 fully saturated rings. The molecular formula is C13H14N2O3. The standard InChI is InChI=1S/C13H14N2O3/c1-9(12-4-2-3-5-14-12)15-7-11-6-10(8-18-11)13(16)17/h2-6,8-9,15H,7H2,1H3,(H,16,17)/t9-/m1/s1. The van der Waals surface area contributed by atoms with Gasteiger partial charge in [0.15, 0.2) is 0 Å². The Hall–Kier alpha value is -2.14. The zero-order chi connectivity index (χ0) is 13.0. The molecular weight excluding hydrogens is 232 g/mol. The fourth-order valence-electron chi connectivity index (χ4n) is 1.58. The summed E-state index contributed by atoms with van der Waals surface area (Å²) in [6.07, 6.45) is 2.98. The second-order valence-electron chi connectivity index (χ2n) is 3.96. The first-order chi connectivity index (χ1) is 8.66. The lowest BCUT2D eigenvalue weighted by molar-refractivity contribution is 0.0696. The quantitative estimate of drug-likeness (QED) is 0.846. The molecule has 0 amide bonds. The molecule has 2 heterocycles. The van der Waals surface area contributed by atoms with Crippen molar-refractivity contribution in [2.75, 3.05) is 0 Å². The van der Waals surface area contributed by atoms with Gasteiger partial charge in [0.05, 0.1) is 17.8 Å². The smallest absolute Gasteiger partial charge is 0.338 e. The zero-order valence-electron chi connectivity index (χ0n) is 9.96. The molecule has 0 aliphatic rings. The molecule has 0 saturated heterocycles. The lowest BCUT2D eigenvalue weighted by Gasteiger charge is -2.11. The van der Waals surface area contributed by atoms with Crippen LogP contribution in [0.25, 0.3) is 0 Å². The van der Waals surface area contributed by atoms with Crippen molar-refractivity contribution in [1.82, 2.24) is 10.3 Å². The van der Waals surface area contributed by atoms with Crippen molar-refractivity contribution in [3.8, 4) is 0 Å². The highest BCUT2D eigenvalue weighted by molar-refractivity contribution is 5.87. The molecule has 0 spiro atoms. The Morgan fingerprint density at radius 2 is 2.39 bits per heavy atom. The van der Waals surface area contributed by atoms with Crippen molar-refractivity contribution in [1.29, 1.82) is 0 Å². The first kappa shape index (κ1) is 12.3. The molecule has 2 N–H and O–H groups in total. The van der Waals surface area contributed by atoms with Crippen LogP contribution >= 0.6 is 0 Å². The first-order valence-electron chi connectivity index (χ1n) is 5.62. The maximum absolute atomic E-state index is 10.7. The van der Waals surface area contributed by atoms with Gasteiger partial charge in [-0.2, -0.15) is 0 Å². The molecule has 94 valence electrons. The van der Waals surface area contributed by atoms with E-state index in [2.05, 4.69) is 10.3 Å². The summed E-state index contributed by atoms with van der Waals surface area (Å²) in [4.78, 5) is 14.9. The topological polar surface area (TPSA) is 75.4 Å². The molecule has 18 heavy (non-hydrogen) atoms. The predicted octanol–water partition coefficient (Wildman–Crippen LogP) is 2.22. The molecule has 5 nitrogen and oxygen atoms in total. The highest BCUT2D eigenvalue weighted by atomic mass is 16.4. The summed E-state index contributed by atoms with van der Waals surface area (Å²) in [6, 6.07) is 7.31. The van der Waals surface area contributed by atoms with Gasteiger partial charge in [0.25, 0.3) is 0 Å². The fraction of sp³-hybridized carbons (Fsp3) is 0.231. The number of pyridine rings is 1. The van der Waals surface area contributed by atoms with E-state index in [1.807, 2.05) is 25.1 Å². The van der Waals surface area contributed by atoms with E-state index >= 15 is 0 Å². The number of aromatic carboxylic acids is 1. The van der Waals surface area contributed by atoms with Crippen molar-refractivity contribution in [3.63, 3.8) is 0 Å². The van der Waals surface area contributed by atoms with E-state index in [1.165, 1.54) is 12.3 Å². The summed E-state index contributed by atoms with van der Waals surface area (Å²) in [6.45, 7) is 2.45. The third-order valence-electron chi connectivity index (χ3n) is 2.61. The molecule has 2 aromatic heterocycles. The minimum absolute atomic E-state index is 0.0737. The maximum atomic E-state index is 10.7. The average molecular weight is 246 g/mol. The summed E-state index contributed by atoms with van der Waals surface area (Å²) in [5, 5.41) is 12.0. The minimum Gasteiger partial charge on any atom is -0.478 e. The van der Waals surface area contributed by atoms with Gasteiger partial charge >= 0.3 is 5.97 Å². The number of carboxylic acids is 1. The molecule has 0 radical (unpaired) electrons. The van der Waals surface area contributed by atoms with Crippen LogP contribution in [-0.2, 0) is 6.54 Å². The average Bonchev–Trinajstić information content (AvgIpc) is 2.86. The monoisotopic (exact) mass is 246 g/mol. The Morgan fingerprint density at radius 3 is 3.00 bits per heavy atom. The second-order valence-corrected chi connectivity index (χ2v) is 3.96. The van der Waals surface area contributed by atoms with E-state index < -0.39 is 5.97 Å². The Balaban J connectivity index is 1.93. The Bertz CT molecular complexity index is 522. The van der Waals surface area contributed by atoms with Crippen LogP contribution in [0.5, 0.6) is 0 Å². The number of aromatic nitrogens is 1. The van der Waals surface area contributed by atoms with Crippen LogP contribution in [0, 0.1) is 0 Å². The molecule has 0 bridgehead atoms. The van der Waals surface area contributed by atoms with Crippen LogP contribution < -0.4 is 5.32 Å². The van der Waals surface area contributed by atoms with Crippen molar-refractivity contribution >= 4 is 5.97 Å². The van der Waals surface area contributed by atoms with E-state index in [4.69, 9.17) is 9.52 Å². The SMILES string of the molecule is C[C@@H](NCc1cc(C(=O)O)co1)c1ccccn1. The van der Waals surface area contributed by atoms with Gasteiger partial charge in [-0.1, -0.05) is 6.07 Å². The first-order valence-corrected chi connectivity index (χ1v) is 5.62. The lowest BCUT2D eigenvalue weighted by atomic mass is 10.2. The van der Waals surface area contributed by atoms with Crippen molar-refractivity contribution < 1.29 is 14.3 Å². The molecule has 2 aromatic rings. The van der Waals surface area contributed by atoms with Gasteiger partial charge in [-0.3, -0.25) is 4.98 Å². The number of furan rings is 1. The van der Waals surface area contributed by atoms with Crippen molar-refractivity contribution in [3.05, 3.63) is 53.7 Å². The van der Waals surface area contributed by atoms with Crippen molar-refractivity contribution in [2.45, 2.75) is 19.5 Å². The molecule has 0 aliphatic carbocycles. The number of nitrogens with zero attached hydrogens (tertiary/aromatic N) is 1. The molecule has 0 aromatic carbocycles. The molecule has 0 saturated carbocycles. The van der Waals surface area contributed by atoms with Gasteiger partial charge < -0.3 is 14.8 Å². The normalized spacial score (nSPS) is 12.3. The summed E-state index contributed by atoms with van der Waals surface area (Å²) in [5.41, 5.74) is 1.10. The third-order valence-corrected chi connectivity index (χ3v) is 2.61. The van der Waals surface area contributed by atoms with Gasteiger partial charge in [-0.05, 0) is 25.1 Å². The van der Waals surface area contributed by atoms with E-state index in [-0.39, 0.29) is 11.6 Å². The molecule has 5 heteroatoms. The highest BCUT2D eigenvalue weighted by Crippen LogP contribution is 2.11. The molecule has 2 rings (SSSR count). The minimum atomic E-state index is -0.984. The number of hydrogen-bond donors (Lipinski definition) is 2. The largest absolute Gasteiger partial charge is 0.478 e. The van der Waals surface area contributed by atoms with Crippen LogP contribution in [0.1, 0.15) is 34.8 Å². The van der Waals surface area contributed by atoms with Gasteiger partial charge in [-0.15, -0.1) is 0 Å².